The number of aromatic nitrogens is 4. The third kappa shape index (κ3) is 2.47. The number of benzene rings is 1. The molecule has 1 amide bonds. The van der Waals surface area contributed by atoms with Gasteiger partial charge in [0.15, 0.2) is 5.69 Å². The molecule has 4 aromatic rings. The Morgan fingerprint density at radius 1 is 1.09 bits per heavy atom. The Balaban J connectivity index is 1.69. The van der Waals surface area contributed by atoms with Crippen molar-refractivity contribution in [2.45, 2.75) is 0 Å². The van der Waals surface area contributed by atoms with Crippen LogP contribution in [-0.2, 0) is 0 Å². The van der Waals surface area contributed by atoms with Crippen LogP contribution >= 0.6 is 11.3 Å². The average Bonchev–Trinajstić information content (AvgIpc) is 3.25. The first-order chi connectivity index (χ1) is 11.3. The van der Waals surface area contributed by atoms with Crippen LogP contribution in [0.25, 0.3) is 21.3 Å². The normalized spacial score (nSPS) is 10.8. The average molecular weight is 321 g/mol. The Morgan fingerprint density at radius 2 is 1.96 bits per heavy atom. The molecule has 0 radical (unpaired) electrons. The van der Waals surface area contributed by atoms with Crippen molar-refractivity contribution < 1.29 is 4.79 Å². The summed E-state index contributed by atoms with van der Waals surface area (Å²) >= 11 is 1.60. The molecule has 3 aromatic heterocycles. The molecule has 0 fully saturated rings. The summed E-state index contributed by atoms with van der Waals surface area (Å²) in [7, 11) is 0. The molecule has 112 valence electrons. The lowest BCUT2D eigenvalue weighted by Crippen LogP contribution is -2.14. The summed E-state index contributed by atoms with van der Waals surface area (Å²) in [6.45, 7) is 0. The number of nitrogens with zero attached hydrogens (tertiary/aromatic N) is 3. The first-order valence-electron chi connectivity index (χ1n) is 6.92. The lowest BCUT2D eigenvalue weighted by Gasteiger charge is -2.05. The first-order valence-corrected chi connectivity index (χ1v) is 7.80. The van der Waals surface area contributed by atoms with Crippen LogP contribution in [0.4, 0.5) is 5.82 Å². The van der Waals surface area contributed by atoms with Crippen molar-refractivity contribution >= 4 is 33.1 Å². The van der Waals surface area contributed by atoms with Crippen molar-refractivity contribution in [3.05, 3.63) is 59.7 Å². The van der Waals surface area contributed by atoms with Crippen LogP contribution in [0, 0.1) is 0 Å². The van der Waals surface area contributed by atoms with Crippen molar-refractivity contribution in [1.82, 2.24) is 20.4 Å². The molecule has 0 spiro atoms. The van der Waals surface area contributed by atoms with Crippen molar-refractivity contribution in [3.8, 4) is 11.3 Å². The summed E-state index contributed by atoms with van der Waals surface area (Å²) in [5.41, 5.74) is 1.58. The van der Waals surface area contributed by atoms with E-state index in [0.29, 0.717) is 11.5 Å². The Hall–Kier alpha value is -3.06. The second-order valence-corrected chi connectivity index (χ2v) is 5.78. The molecule has 7 heteroatoms. The van der Waals surface area contributed by atoms with E-state index < -0.39 is 0 Å². The SMILES string of the molecule is O=C(Nc1nccc2sccc12)c1n[nH]nc1-c1ccccc1. The highest BCUT2D eigenvalue weighted by Gasteiger charge is 2.19. The Labute approximate surface area is 135 Å². The summed E-state index contributed by atoms with van der Waals surface area (Å²) in [6.07, 6.45) is 1.68. The van der Waals surface area contributed by atoms with Crippen molar-refractivity contribution in [3.63, 3.8) is 0 Å². The summed E-state index contributed by atoms with van der Waals surface area (Å²) in [5.74, 6) is 0.180. The zero-order chi connectivity index (χ0) is 15.6. The number of fused-ring (bicyclic) bond motifs is 1. The number of carbonyl (C=O) groups excluding carboxylic acids is 1. The first kappa shape index (κ1) is 13.6. The summed E-state index contributed by atoms with van der Waals surface area (Å²) in [4.78, 5) is 16.8. The minimum atomic E-state index is -0.344. The van der Waals surface area contributed by atoms with Crippen LogP contribution in [0.15, 0.2) is 54.0 Å². The van der Waals surface area contributed by atoms with Gasteiger partial charge in [0.25, 0.3) is 5.91 Å². The topological polar surface area (TPSA) is 83.6 Å². The second-order valence-electron chi connectivity index (χ2n) is 4.83. The molecule has 0 saturated heterocycles. The number of carbonyl (C=O) groups is 1. The molecule has 6 nitrogen and oxygen atoms in total. The Bertz CT molecular complexity index is 976. The van der Waals surface area contributed by atoms with E-state index in [2.05, 4.69) is 25.7 Å². The third-order valence-corrected chi connectivity index (χ3v) is 4.30. The predicted octanol–water partition coefficient (Wildman–Crippen LogP) is 3.33. The van der Waals surface area contributed by atoms with Gasteiger partial charge in [-0.1, -0.05) is 30.3 Å². The second kappa shape index (κ2) is 5.62. The van der Waals surface area contributed by atoms with Gasteiger partial charge in [-0.3, -0.25) is 4.79 Å². The lowest BCUT2D eigenvalue weighted by atomic mass is 10.1. The van der Waals surface area contributed by atoms with Crippen molar-refractivity contribution in [1.29, 1.82) is 0 Å². The molecule has 4 rings (SSSR count). The van der Waals surface area contributed by atoms with E-state index in [9.17, 15) is 4.79 Å². The molecule has 0 aliphatic carbocycles. The number of nitrogens with one attached hydrogen (secondary N) is 2. The van der Waals surface area contributed by atoms with E-state index in [1.807, 2.05) is 47.8 Å². The molecule has 0 bridgehead atoms. The standard InChI is InChI=1S/C16H11N5OS/c22-16(18-15-11-7-9-23-12(11)6-8-17-15)14-13(19-21-20-14)10-4-2-1-3-5-10/h1-9H,(H,17,18,22)(H,19,20,21). The van der Waals surface area contributed by atoms with Crippen LogP contribution in [0.1, 0.15) is 10.5 Å². The van der Waals surface area contributed by atoms with Gasteiger partial charge in [0.05, 0.1) is 0 Å². The molecule has 0 aliphatic rings. The van der Waals surface area contributed by atoms with Crippen LogP contribution in [0.3, 0.4) is 0 Å². The number of hydrogen-bond acceptors (Lipinski definition) is 5. The maximum atomic E-state index is 12.6. The van der Waals surface area contributed by atoms with Gasteiger partial charge in [-0.2, -0.15) is 15.4 Å². The van der Waals surface area contributed by atoms with Crippen LogP contribution in [-0.4, -0.2) is 26.3 Å². The van der Waals surface area contributed by atoms with E-state index in [-0.39, 0.29) is 11.6 Å². The Kier molecular flexibility index (Phi) is 3.32. The maximum absolute atomic E-state index is 12.6. The molecular formula is C16H11N5OS. The number of aromatic amines is 1. The van der Waals surface area contributed by atoms with Crippen LogP contribution in [0.5, 0.6) is 0 Å². The smallest absolute Gasteiger partial charge is 0.279 e. The molecule has 0 unspecified atom stereocenters. The zero-order valence-corrected chi connectivity index (χ0v) is 12.7. The van der Waals surface area contributed by atoms with E-state index in [4.69, 9.17) is 0 Å². The number of anilines is 1. The van der Waals surface area contributed by atoms with E-state index in [1.54, 1.807) is 17.5 Å². The van der Waals surface area contributed by atoms with Gasteiger partial charge in [0.1, 0.15) is 11.5 Å². The van der Waals surface area contributed by atoms with Crippen molar-refractivity contribution in [2.24, 2.45) is 0 Å². The number of amides is 1. The van der Waals surface area contributed by atoms with Crippen LogP contribution in [0.2, 0.25) is 0 Å². The van der Waals surface area contributed by atoms with Gasteiger partial charge >= 0.3 is 0 Å². The van der Waals surface area contributed by atoms with Gasteiger partial charge in [-0.25, -0.2) is 4.98 Å². The molecule has 3 heterocycles. The number of rotatable bonds is 3. The lowest BCUT2D eigenvalue weighted by molar-refractivity contribution is 0.102. The van der Waals surface area contributed by atoms with Crippen molar-refractivity contribution in [2.75, 3.05) is 5.32 Å². The minimum absolute atomic E-state index is 0.241. The summed E-state index contributed by atoms with van der Waals surface area (Å²) in [6, 6.07) is 13.3. The number of hydrogen-bond donors (Lipinski definition) is 2. The monoisotopic (exact) mass is 321 g/mol. The molecule has 23 heavy (non-hydrogen) atoms. The number of H-pyrrole nitrogens is 1. The molecule has 0 saturated carbocycles. The minimum Gasteiger partial charge on any atom is -0.305 e. The molecule has 0 aliphatic heterocycles. The molecule has 2 N–H and O–H groups in total. The van der Waals surface area contributed by atoms with Gasteiger partial charge in [-0.15, -0.1) is 11.3 Å². The maximum Gasteiger partial charge on any atom is 0.279 e. The number of pyridine rings is 1. The molecule has 0 atom stereocenters. The quantitative estimate of drug-likeness (QED) is 0.606. The predicted molar refractivity (Wildman–Crippen MR) is 89.4 cm³/mol. The summed E-state index contributed by atoms with van der Waals surface area (Å²) in [5, 5.41) is 16.3. The van der Waals surface area contributed by atoms with E-state index in [1.165, 1.54) is 0 Å². The highest BCUT2D eigenvalue weighted by molar-refractivity contribution is 7.17. The van der Waals surface area contributed by atoms with Crippen LogP contribution < -0.4 is 5.32 Å². The van der Waals surface area contributed by atoms with Gasteiger partial charge in [-0.05, 0) is 17.5 Å². The largest absolute Gasteiger partial charge is 0.305 e. The van der Waals surface area contributed by atoms with Gasteiger partial charge in [0, 0.05) is 21.8 Å². The van der Waals surface area contributed by atoms with E-state index >= 15 is 0 Å². The third-order valence-electron chi connectivity index (χ3n) is 3.42. The van der Waals surface area contributed by atoms with E-state index in [0.717, 1.165) is 15.6 Å². The Morgan fingerprint density at radius 3 is 2.83 bits per heavy atom. The fraction of sp³-hybridized carbons (Fsp3) is 0. The summed E-state index contributed by atoms with van der Waals surface area (Å²) < 4.78 is 1.07. The fourth-order valence-electron chi connectivity index (χ4n) is 2.35. The van der Waals surface area contributed by atoms with Gasteiger partial charge in [0.2, 0.25) is 0 Å². The fourth-order valence-corrected chi connectivity index (χ4v) is 3.13. The number of thiophene rings is 1. The molecular weight excluding hydrogens is 310 g/mol. The zero-order valence-electron chi connectivity index (χ0n) is 11.9. The molecule has 1 aromatic carbocycles. The highest BCUT2D eigenvalue weighted by Crippen LogP contribution is 2.26. The highest BCUT2D eigenvalue weighted by atomic mass is 32.1. The van der Waals surface area contributed by atoms with Gasteiger partial charge < -0.3 is 5.32 Å².